The number of nitrogens with zero attached hydrogens (tertiary/aromatic N) is 2. The average Bonchev–Trinajstić information content (AvgIpc) is 3.36. The molecule has 0 radical (unpaired) electrons. The first-order valence-corrected chi connectivity index (χ1v) is 10.2. The topological polar surface area (TPSA) is 149 Å². The second kappa shape index (κ2) is 7.16. The number of nitrogens with one attached hydrogen (secondary N) is 3. The SMILES string of the molecule is CNc1nc2c(CC[C@H]3O[C@@H](OC)[C@@H]4OC(C)(C)O[C@@H]43)c3nc(N)[nH]c(=O)c3cc2[nH]1. The van der Waals surface area contributed by atoms with E-state index in [0.717, 1.165) is 16.6 Å². The van der Waals surface area contributed by atoms with Crippen LogP contribution in [0.1, 0.15) is 25.8 Å². The smallest absolute Gasteiger partial charge is 0.260 e. The molecule has 0 saturated carbocycles. The first-order valence-electron chi connectivity index (χ1n) is 10.2. The third-order valence-corrected chi connectivity index (χ3v) is 5.82. The molecule has 0 amide bonds. The number of ether oxygens (including phenoxy) is 4. The van der Waals surface area contributed by atoms with E-state index in [1.807, 2.05) is 13.8 Å². The highest BCUT2D eigenvalue weighted by Crippen LogP contribution is 2.40. The van der Waals surface area contributed by atoms with E-state index < -0.39 is 12.1 Å². The molecule has 0 unspecified atom stereocenters. The van der Waals surface area contributed by atoms with Crippen LogP contribution >= 0.6 is 0 Å². The third kappa shape index (κ3) is 3.33. The first-order chi connectivity index (χ1) is 14.8. The molecule has 2 aliphatic heterocycles. The number of H-pyrrole nitrogens is 2. The quantitative estimate of drug-likeness (QED) is 0.469. The Bertz CT molecular complexity index is 1200. The Hall–Kier alpha value is -2.73. The summed E-state index contributed by atoms with van der Waals surface area (Å²) in [6, 6.07) is 1.74. The summed E-state index contributed by atoms with van der Waals surface area (Å²) in [4.78, 5) is 27.3. The Balaban J connectivity index is 1.53. The van der Waals surface area contributed by atoms with Crippen LogP contribution in [0.2, 0.25) is 0 Å². The van der Waals surface area contributed by atoms with Crippen LogP contribution in [-0.2, 0) is 25.4 Å². The fraction of sp³-hybridized carbons (Fsp3) is 0.550. The summed E-state index contributed by atoms with van der Waals surface area (Å²) in [6.45, 7) is 3.76. The van der Waals surface area contributed by atoms with Gasteiger partial charge in [0.05, 0.1) is 28.0 Å². The molecule has 0 bridgehead atoms. The van der Waals surface area contributed by atoms with Crippen molar-refractivity contribution in [2.24, 2.45) is 0 Å². The van der Waals surface area contributed by atoms with Gasteiger partial charge in [0.25, 0.3) is 5.56 Å². The lowest BCUT2D eigenvalue weighted by atomic mass is 9.99. The van der Waals surface area contributed by atoms with Crippen molar-refractivity contribution in [1.82, 2.24) is 19.9 Å². The van der Waals surface area contributed by atoms with Crippen LogP contribution < -0.4 is 16.6 Å². The molecule has 1 aromatic carbocycles. The van der Waals surface area contributed by atoms with Gasteiger partial charge >= 0.3 is 0 Å². The minimum atomic E-state index is -0.700. The number of methoxy groups -OCH3 is 1. The summed E-state index contributed by atoms with van der Waals surface area (Å²) in [5, 5.41) is 3.45. The minimum absolute atomic E-state index is 0.0633. The molecule has 31 heavy (non-hydrogen) atoms. The molecule has 4 heterocycles. The molecule has 5 rings (SSSR count). The summed E-state index contributed by atoms with van der Waals surface area (Å²) < 4.78 is 23.6. The summed E-state index contributed by atoms with van der Waals surface area (Å²) in [5.74, 6) is -0.0381. The fourth-order valence-electron chi connectivity index (χ4n) is 4.55. The maximum Gasteiger partial charge on any atom is 0.260 e. The molecule has 5 N–H and O–H groups in total. The monoisotopic (exact) mass is 430 g/mol. The molecular formula is C20H26N6O5. The van der Waals surface area contributed by atoms with E-state index in [2.05, 4.69) is 25.3 Å². The predicted molar refractivity (Wildman–Crippen MR) is 114 cm³/mol. The van der Waals surface area contributed by atoms with E-state index in [-0.39, 0.29) is 29.8 Å². The highest BCUT2D eigenvalue weighted by atomic mass is 16.8. The largest absolute Gasteiger partial charge is 0.369 e. The zero-order valence-corrected chi connectivity index (χ0v) is 17.8. The van der Waals surface area contributed by atoms with Crippen molar-refractivity contribution < 1.29 is 18.9 Å². The van der Waals surface area contributed by atoms with E-state index in [9.17, 15) is 4.79 Å². The number of aromatic amines is 2. The van der Waals surface area contributed by atoms with Gasteiger partial charge in [-0.15, -0.1) is 0 Å². The standard InChI is InChI=1S/C20H26N6O5/c1-20(2)30-14-11(29-17(28-4)15(14)31-20)6-5-8-12-9(16(27)26-18(21)24-12)7-10-13(8)25-19(22-3)23-10/h7,11,14-15,17H,5-6H2,1-4H3,(H2,22,23,25)(H3,21,24,26,27)/t11-,14-,15-,17-/m1/s1. The van der Waals surface area contributed by atoms with Gasteiger partial charge in [-0.05, 0) is 32.8 Å². The van der Waals surface area contributed by atoms with Crippen LogP contribution in [0.3, 0.4) is 0 Å². The van der Waals surface area contributed by atoms with Crippen molar-refractivity contribution in [2.75, 3.05) is 25.2 Å². The number of nitrogen functional groups attached to an aromatic ring is 1. The highest BCUT2D eigenvalue weighted by Gasteiger charge is 2.55. The molecule has 2 aliphatic rings. The van der Waals surface area contributed by atoms with Gasteiger partial charge < -0.3 is 35.0 Å². The molecule has 11 nitrogen and oxygen atoms in total. The Morgan fingerprint density at radius 2 is 2.00 bits per heavy atom. The number of nitrogens with two attached hydrogens (primary N) is 1. The second-order valence-electron chi connectivity index (χ2n) is 8.32. The van der Waals surface area contributed by atoms with E-state index >= 15 is 0 Å². The molecular weight excluding hydrogens is 404 g/mol. The number of aryl methyl sites for hydroxylation is 1. The van der Waals surface area contributed by atoms with Gasteiger partial charge in [0.15, 0.2) is 12.1 Å². The van der Waals surface area contributed by atoms with Crippen LogP contribution in [0.25, 0.3) is 21.9 Å². The Morgan fingerprint density at radius 1 is 1.23 bits per heavy atom. The second-order valence-corrected chi connectivity index (χ2v) is 8.32. The van der Waals surface area contributed by atoms with Crippen LogP contribution in [-0.4, -0.2) is 64.5 Å². The van der Waals surface area contributed by atoms with Gasteiger partial charge in [-0.3, -0.25) is 9.78 Å². The van der Waals surface area contributed by atoms with Crippen LogP contribution in [0.15, 0.2) is 10.9 Å². The lowest BCUT2D eigenvalue weighted by Gasteiger charge is -2.23. The van der Waals surface area contributed by atoms with Gasteiger partial charge in [0.2, 0.25) is 11.9 Å². The molecule has 2 fully saturated rings. The van der Waals surface area contributed by atoms with Gasteiger partial charge in [-0.1, -0.05) is 0 Å². The van der Waals surface area contributed by atoms with Crippen LogP contribution in [0.4, 0.5) is 11.9 Å². The molecule has 3 aromatic rings. The van der Waals surface area contributed by atoms with E-state index in [4.69, 9.17) is 24.7 Å². The maximum absolute atomic E-state index is 12.5. The van der Waals surface area contributed by atoms with Gasteiger partial charge in [-0.2, -0.15) is 0 Å². The van der Waals surface area contributed by atoms with Crippen molar-refractivity contribution in [1.29, 1.82) is 0 Å². The lowest BCUT2D eigenvalue weighted by molar-refractivity contribution is -0.227. The van der Waals surface area contributed by atoms with Crippen molar-refractivity contribution in [3.63, 3.8) is 0 Å². The Kier molecular flexibility index (Phi) is 4.66. The number of hydrogen-bond donors (Lipinski definition) is 4. The molecule has 4 atom stereocenters. The number of anilines is 2. The fourth-order valence-corrected chi connectivity index (χ4v) is 4.55. The van der Waals surface area contributed by atoms with Crippen LogP contribution in [0.5, 0.6) is 0 Å². The van der Waals surface area contributed by atoms with Crippen molar-refractivity contribution >= 4 is 33.8 Å². The van der Waals surface area contributed by atoms with Crippen molar-refractivity contribution in [3.05, 3.63) is 22.0 Å². The van der Waals surface area contributed by atoms with Gasteiger partial charge in [0.1, 0.15) is 12.2 Å². The van der Waals surface area contributed by atoms with E-state index in [1.54, 1.807) is 20.2 Å². The summed E-state index contributed by atoms with van der Waals surface area (Å²) in [6.07, 6.45) is -0.142. The normalized spacial score (nSPS) is 27.2. The van der Waals surface area contributed by atoms with E-state index in [0.29, 0.717) is 29.7 Å². The summed E-state index contributed by atoms with van der Waals surface area (Å²) >= 11 is 0. The number of fused-ring (bicyclic) bond motifs is 3. The number of rotatable bonds is 5. The van der Waals surface area contributed by atoms with Crippen molar-refractivity contribution in [2.45, 2.75) is 57.1 Å². The Morgan fingerprint density at radius 3 is 2.74 bits per heavy atom. The zero-order valence-electron chi connectivity index (χ0n) is 17.8. The first kappa shape index (κ1) is 20.2. The lowest BCUT2D eigenvalue weighted by Crippen LogP contribution is -2.30. The van der Waals surface area contributed by atoms with Gasteiger partial charge in [-0.25, -0.2) is 9.97 Å². The number of benzene rings is 1. The third-order valence-electron chi connectivity index (χ3n) is 5.82. The van der Waals surface area contributed by atoms with Crippen molar-refractivity contribution in [3.8, 4) is 0 Å². The number of imidazole rings is 1. The summed E-state index contributed by atoms with van der Waals surface area (Å²) in [5.41, 5.74) is 8.37. The van der Waals surface area contributed by atoms with E-state index in [1.165, 1.54) is 0 Å². The average molecular weight is 430 g/mol. The predicted octanol–water partition coefficient (Wildman–Crippen LogP) is 1.25. The minimum Gasteiger partial charge on any atom is -0.369 e. The number of aromatic nitrogens is 4. The van der Waals surface area contributed by atoms with Crippen LogP contribution in [0, 0.1) is 0 Å². The highest BCUT2D eigenvalue weighted by molar-refractivity contribution is 5.98. The molecule has 166 valence electrons. The number of hydrogen-bond acceptors (Lipinski definition) is 9. The Labute approximate surface area is 177 Å². The van der Waals surface area contributed by atoms with Gasteiger partial charge in [0, 0.05) is 19.7 Å². The molecule has 11 heteroatoms. The molecule has 2 aromatic heterocycles. The molecule has 0 spiro atoms. The maximum atomic E-state index is 12.5. The summed E-state index contributed by atoms with van der Waals surface area (Å²) in [7, 11) is 3.37. The zero-order chi connectivity index (χ0) is 21.9. The molecule has 2 saturated heterocycles. The molecule has 0 aliphatic carbocycles.